The van der Waals surface area contributed by atoms with Gasteiger partial charge < -0.3 is 19.5 Å². The van der Waals surface area contributed by atoms with Crippen molar-refractivity contribution in [3.63, 3.8) is 0 Å². The maximum absolute atomic E-state index is 11.2. The Hall–Kier alpha value is -2.67. The predicted octanol–water partition coefficient (Wildman–Crippen LogP) is 1.68. The highest BCUT2D eigenvalue weighted by atomic mass is 16.5. The molecule has 0 aliphatic heterocycles. The fourth-order valence-corrected chi connectivity index (χ4v) is 1.97. The lowest BCUT2D eigenvalue weighted by Crippen LogP contribution is -2.31. The molecule has 1 amide bonds. The first-order valence-electron chi connectivity index (χ1n) is 7.68. The van der Waals surface area contributed by atoms with E-state index in [1.54, 1.807) is 6.07 Å². The van der Waals surface area contributed by atoms with Gasteiger partial charge in [0.15, 0.2) is 0 Å². The van der Waals surface area contributed by atoms with E-state index < -0.39 is 0 Å². The number of aromatic nitrogens is 2. The van der Waals surface area contributed by atoms with Crippen LogP contribution in [0.15, 0.2) is 36.4 Å². The number of hydrogen-bond acceptors (Lipinski definition) is 6. The number of methoxy groups -OCH3 is 1. The standard InChI is InChI=1S/C17H21N3O4/c1-3-23-14-6-4-13(5-7-14)15-8-9-17(20-19-15)24-11-10-18-16(21)12-22-2/h4-9H,3,10-12H2,1-2H3,(H,18,21). The number of rotatable bonds is 9. The van der Waals surface area contributed by atoms with Crippen LogP contribution in [0.1, 0.15) is 6.92 Å². The fourth-order valence-electron chi connectivity index (χ4n) is 1.97. The summed E-state index contributed by atoms with van der Waals surface area (Å²) in [5.41, 5.74) is 1.70. The smallest absolute Gasteiger partial charge is 0.246 e. The highest BCUT2D eigenvalue weighted by Gasteiger charge is 2.03. The first-order valence-corrected chi connectivity index (χ1v) is 7.68. The normalized spacial score (nSPS) is 10.2. The van der Waals surface area contributed by atoms with Crippen LogP contribution in [0.2, 0.25) is 0 Å². The molecule has 0 saturated carbocycles. The molecule has 0 spiro atoms. The Kier molecular flexibility index (Phi) is 6.97. The molecule has 0 aliphatic rings. The Balaban J connectivity index is 1.83. The maximum atomic E-state index is 11.2. The maximum Gasteiger partial charge on any atom is 0.246 e. The van der Waals surface area contributed by atoms with Gasteiger partial charge in [-0.25, -0.2) is 0 Å². The first-order chi connectivity index (χ1) is 11.7. The van der Waals surface area contributed by atoms with Gasteiger partial charge in [-0.1, -0.05) is 0 Å². The summed E-state index contributed by atoms with van der Waals surface area (Å²) >= 11 is 0. The van der Waals surface area contributed by atoms with Crippen LogP contribution in [0.4, 0.5) is 0 Å². The third kappa shape index (κ3) is 5.51. The van der Waals surface area contributed by atoms with Crippen molar-refractivity contribution in [2.45, 2.75) is 6.92 Å². The summed E-state index contributed by atoms with van der Waals surface area (Å²) in [5, 5.41) is 10.8. The Bertz CT molecular complexity index is 629. The van der Waals surface area contributed by atoms with Gasteiger partial charge in [0.2, 0.25) is 11.8 Å². The molecule has 2 rings (SSSR count). The van der Waals surface area contributed by atoms with E-state index in [-0.39, 0.29) is 12.5 Å². The van der Waals surface area contributed by atoms with Crippen LogP contribution >= 0.6 is 0 Å². The molecule has 0 fully saturated rings. The number of nitrogens with zero attached hydrogens (tertiary/aromatic N) is 2. The quantitative estimate of drug-likeness (QED) is 0.704. The molecule has 2 aromatic rings. The summed E-state index contributed by atoms with van der Waals surface area (Å²) < 4.78 is 15.5. The third-order valence-corrected chi connectivity index (χ3v) is 3.05. The zero-order valence-corrected chi connectivity index (χ0v) is 13.8. The lowest BCUT2D eigenvalue weighted by atomic mass is 10.1. The Morgan fingerprint density at radius 2 is 1.88 bits per heavy atom. The van der Waals surface area contributed by atoms with Crippen LogP contribution in [0.3, 0.4) is 0 Å². The van der Waals surface area contributed by atoms with E-state index >= 15 is 0 Å². The minimum absolute atomic E-state index is 0.0383. The van der Waals surface area contributed by atoms with Crippen molar-refractivity contribution in [1.82, 2.24) is 15.5 Å². The molecule has 0 bridgehead atoms. The second-order valence-electron chi connectivity index (χ2n) is 4.85. The van der Waals surface area contributed by atoms with Crippen LogP contribution in [-0.4, -0.2) is 49.6 Å². The van der Waals surface area contributed by atoms with Crippen molar-refractivity contribution in [3.05, 3.63) is 36.4 Å². The molecule has 128 valence electrons. The number of carbonyl (C=O) groups is 1. The second-order valence-corrected chi connectivity index (χ2v) is 4.85. The number of nitrogens with one attached hydrogen (secondary N) is 1. The summed E-state index contributed by atoms with van der Waals surface area (Å²) in [6.45, 7) is 3.31. The molecule has 1 heterocycles. The van der Waals surface area contributed by atoms with Crippen molar-refractivity contribution in [1.29, 1.82) is 0 Å². The number of amides is 1. The fraction of sp³-hybridized carbons (Fsp3) is 0.353. The first kappa shape index (κ1) is 17.7. The van der Waals surface area contributed by atoms with Crippen LogP contribution in [0.25, 0.3) is 11.3 Å². The zero-order valence-electron chi connectivity index (χ0n) is 13.8. The lowest BCUT2D eigenvalue weighted by Gasteiger charge is -2.07. The van der Waals surface area contributed by atoms with Gasteiger partial charge in [0, 0.05) is 18.7 Å². The second kappa shape index (κ2) is 9.46. The molecule has 0 aliphatic carbocycles. The molecule has 7 nitrogen and oxygen atoms in total. The molecule has 7 heteroatoms. The summed E-state index contributed by atoms with van der Waals surface area (Å²) in [6.07, 6.45) is 0. The zero-order chi connectivity index (χ0) is 17.2. The Morgan fingerprint density at radius 1 is 1.08 bits per heavy atom. The number of ether oxygens (including phenoxy) is 3. The van der Waals surface area contributed by atoms with Crippen molar-refractivity contribution in [3.8, 4) is 22.9 Å². The Morgan fingerprint density at radius 3 is 2.50 bits per heavy atom. The average molecular weight is 331 g/mol. The summed E-state index contributed by atoms with van der Waals surface area (Å²) in [6, 6.07) is 11.2. The number of carbonyl (C=O) groups excluding carboxylic acids is 1. The molecule has 24 heavy (non-hydrogen) atoms. The van der Waals surface area contributed by atoms with Crippen molar-refractivity contribution in [2.24, 2.45) is 0 Å². The average Bonchev–Trinajstić information content (AvgIpc) is 2.61. The van der Waals surface area contributed by atoms with Crippen molar-refractivity contribution < 1.29 is 19.0 Å². The number of benzene rings is 1. The monoisotopic (exact) mass is 331 g/mol. The van der Waals surface area contributed by atoms with E-state index in [4.69, 9.17) is 14.2 Å². The van der Waals surface area contributed by atoms with Gasteiger partial charge in [0.25, 0.3) is 0 Å². The molecule has 0 atom stereocenters. The van der Waals surface area contributed by atoms with Gasteiger partial charge in [-0.15, -0.1) is 10.2 Å². The van der Waals surface area contributed by atoms with Gasteiger partial charge in [0.05, 0.1) is 18.8 Å². The van der Waals surface area contributed by atoms with Gasteiger partial charge in [0.1, 0.15) is 19.0 Å². The lowest BCUT2D eigenvalue weighted by molar-refractivity contribution is -0.124. The van der Waals surface area contributed by atoms with Gasteiger partial charge in [-0.3, -0.25) is 4.79 Å². The van der Waals surface area contributed by atoms with Crippen molar-refractivity contribution >= 4 is 5.91 Å². The highest BCUT2D eigenvalue weighted by molar-refractivity contribution is 5.77. The molecule has 1 aromatic carbocycles. The molecular formula is C17H21N3O4. The van der Waals surface area contributed by atoms with Gasteiger partial charge >= 0.3 is 0 Å². The molecule has 1 N–H and O–H groups in total. The van der Waals surface area contributed by atoms with E-state index in [2.05, 4.69) is 15.5 Å². The van der Waals surface area contributed by atoms with E-state index in [1.807, 2.05) is 37.3 Å². The SMILES string of the molecule is CCOc1ccc(-c2ccc(OCCNC(=O)COC)nn2)cc1. The minimum Gasteiger partial charge on any atom is -0.494 e. The van der Waals surface area contributed by atoms with Crippen LogP contribution < -0.4 is 14.8 Å². The Labute approximate surface area is 141 Å². The molecule has 0 saturated heterocycles. The van der Waals surface area contributed by atoms with Gasteiger partial charge in [-0.05, 0) is 37.3 Å². The van der Waals surface area contributed by atoms with Crippen molar-refractivity contribution in [2.75, 3.05) is 33.5 Å². The summed E-state index contributed by atoms with van der Waals surface area (Å²) in [4.78, 5) is 11.2. The van der Waals surface area contributed by atoms with E-state index in [1.165, 1.54) is 7.11 Å². The molecule has 0 radical (unpaired) electrons. The van der Waals surface area contributed by atoms with Crippen LogP contribution in [0, 0.1) is 0 Å². The van der Waals surface area contributed by atoms with E-state index in [0.717, 1.165) is 17.0 Å². The third-order valence-electron chi connectivity index (χ3n) is 3.05. The van der Waals surface area contributed by atoms with E-state index in [9.17, 15) is 4.79 Å². The molecular weight excluding hydrogens is 310 g/mol. The number of hydrogen-bond donors (Lipinski definition) is 1. The largest absolute Gasteiger partial charge is 0.494 e. The summed E-state index contributed by atoms with van der Waals surface area (Å²) in [5.74, 6) is 1.05. The minimum atomic E-state index is -0.182. The summed E-state index contributed by atoms with van der Waals surface area (Å²) in [7, 11) is 1.47. The topological polar surface area (TPSA) is 82.6 Å². The van der Waals surface area contributed by atoms with Crippen LogP contribution in [0.5, 0.6) is 11.6 Å². The van der Waals surface area contributed by atoms with Gasteiger partial charge in [-0.2, -0.15) is 0 Å². The van der Waals surface area contributed by atoms with Crippen LogP contribution in [-0.2, 0) is 9.53 Å². The molecule has 1 aromatic heterocycles. The highest BCUT2D eigenvalue weighted by Crippen LogP contribution is 2.21. The van der Waals surface area contributed by atoms with E-state index in [0.29, 0.717) is 25.6 Å². The molecule has 0 unspecified atom stereocenters. The predicted molar refractivity (Wildman–Crippen MR) is 89.0 cm³/mol.